The molecule has 0 spiro atoms. The van der Waals surface area contributed by atoms with Crippen LogP contribution < -0.4 is 10.5 Å². The first-order valence-corrected chi connectivity index (χ1v) is 24.2. The zero-order valence-electron chi connectivity index (χ0n) is 39.2. The highest BCUT2D eigenvalue weighted by Gasteiger charge is 2.31. The molecule has 4 heterocycles. The first-order chi connectivity index (χ1) is 32.0. The lowest BCUT2D eigenvalue weighted by molar-refractivity contribution is 0.0130. The molecule has 342 valence electrons. The molecule has 1 aliphatic rings. The van der Waals surface area contributed by atoms with Crippen LogP contribution in [0.25, 0.3) is 38.9 Å². The van der Waals surface area contributed by atoms with Gasteiger partial charge in [-0.05, 0) is 133 Å². The minimum Gasteiger partial charge on any atom is -0.443 e. The highest BCUT2D eigenvalue weighted by Crippen LogP contribution is 2.37. The van der Waals surface area contributed by atoms with E-state index in [1.54, 1.807) is 9.42 Å². The number of hydrogen-bond acceptors (Lipinski definition) is 9. The van der Waals surface area contributed by atoms with Crippen molar-refractivity contribution < 1.29 is 9.53 Å². The predicted octanol–water partition coefficient (Wildman–Crippen LogP) is 11.8. The largest absolute Gasteiger partial charge is 0.443 e. The molecule has 0 radical (unpaired) electrons. The van der Waals surface area contributed by atoms with Gasteiger partial charge in [0.25, 0.3) is 5.56 Å². The molecule has 1 fully saturated rings. The Bertz CT molecular complexity index is 3130. The fraction of sp³-hybridized carbons (Fsp3) is 0.315. The molecule has 1 saturated heterocycles. The van der Waals surface area contributed by atoms with E-state index < -0.39 is 17.6 Å². The maximum Gasteiger partial charge on any atom is 0.410 e. The van der Waals surface area contributed by atoms with Gasteiger partial charge in [-0.15, -0.1) is 0 Å². The summed E-state index contributed by atoms with van der Waals surface area (Å²) in [6.07, 6.45) is 0.997. The van der Waals surface area contributed by atoms with Gasteiger partial charge in [-0.3, -0.25) is 4.79 Å². The highest BCUT2D eigenvalue weighted by atomic mass is 79.9. The van der Waals surface area contributed by atoms with Gasteiger partial charge in [0.15, 0.2) is 0 Å². The number of benzene rings is 4. The molecule has 8 rings (SSSR count). The number of ether oxygens (including phenoxy) is 1. The smallest absolute Gasteiger partial charge is 0.410 e. The SMILES string of the molecule is Cc1ccccc1-c1c(=O)nc(N2CCN(C(=O)OC(C)(C)Cc3ccc(C(C#N)c4cc(-c5cccc(CC(C)C)c5Br)c(C)nn4)c(C)c3)CC2)n2nc(C)c(-c3ccccc3Br)cc12. The van der Waals surface area contributed by atoms with Gasteiger partial charge < -0.3 is 14.5 Å². The van der Waals surface area contributed by atoms with E-state index in [0.29, 0.717) is 61.2 Å². The van der Waals surface area contributed by atoms with Gasteiger partial charge >= 0.3 is 6.09 Å². The van der Waals surface area contributed by atoms with E-state index in [9.17, 15) is 14.9 Å². The van der Waals surface area contributed by atoms with Gasteiger partial charge in [0.05, 0.1) is 34.2 Å². The molecule has 4 aromatic carbocycles. The average Bonchev–Trinajstić information content (AvgIpc) is 3.28. The highest BCUT2D eigenvalue weighted by molar-refractivity contribution is 9.11. The number of carbonyl (C=O) groups excluding carboxylic acids is 1. The molecule has 0 saturated carbocycles. The number of fused-ring (bicyclic) bond motifs is 1. The Morgan fingerprint density at radius 1 is 0.791 bits per heavy atom. The van der Waals surface area contributed by atoms with E-state index >= 15 is 0 Å². The van der Waals surface area contributed by atoms with E-state index in [-0.39, 0.29) is 5.56 Å². The zero-order valence-corrected chi connectivity index (χ0v) is 42.4. The molecule has 0 bridgehead atoms. The number of amides is 1. The predicted molar refractivity (Wildman–Crippen MR) is 272 cm³/mol. The van der Waals surface area contributed by atoms with Crippen LogP contribution in [0.4, 0.5) is 10.7 Å². The van der Waals surface area contributed by atoms with Gasteiger partial charge in [-0.1, -0.05) is 109 Å². The summed E-state index contributed by atoms with van der Waals surface area (Å²) < 4.78 is 9.93. The lowest BCUT2D eigenvalue weighted by atomic mass is 9.88. The quantitative estimate of drug-likeness (QED) is 0.124. The second kappa shape index (κ2) is 19.5. The number of piperazine rings is 1. The number of aromatic nitrogens is 5. The van der Waals surface area contributed by atoms with Gasteiger partial charge in [-0.25, -0.2) is 4.79 Å². The minimum absolute atomic E-state index is 0.340. The van der Waals surface area contributed by atoms with Crippen molar-refractivity contribution in [3.63, 3.8) is 0 Å². The van der Waals surface area contributed by atoms with Crippen LogP contribution in [0.2, 0.25) is 0 Å². The van der Waals surface area contributed by atoms with E-state index in [0.717, 1.165) is 76.8 Å². The first-order valence-electron chi connectivity index (χ1n) is 22.6. The van der Waals surface area contributed by atoms with Gasteiger partial charge in [0.1, 0.15) is 11.5 Å². The molecule has 0 aliphatic carbocycles. The Hall–Kier alpha value is -6.23. The number of nitrogens with zero attached hydrogens (tertiary/aromatic N) is 8. The van der Waals surface area contributed by atoms with Crippen molar-refractivity contribution in [3.8, 4) is 39.4 Å². The molecular formula is C54H54Br2N8O3. The van der Waals surface area contributed by atoms with Crippen molar-refractivity contribution >= 4 is 49.4 Å². The van der Waals surface area contributed by atoms with Crippen molar-refractivity contribution in [1.29, 1.82) is 5.26 Å². The van der Waals surface area contributed by atoms with Crippen molar-refractivity contribution in [1.82, 2.24) is 29.7 Å². The summed E-state index contributed by atoms with van der Waals surface area (Å²) in [6, 6.07) is 34.6. The van der Waals surface area contributed by atoms with Crippen LogP contribution in [-0.4, -0.2) is 67.6 Å². The molecule has 0 N–H and O–H groups in total. The van der Waals surface area contributed by atoms with Gasteiger partial charge in [0.2, 0.25) is 5.95 Å². The molecular weight excluding hydrogens is 968 g/mol. The Morgan fingerprint density at radius 3 is 2.16 bits per heavy atom. The lowest BCUT2D eigenvalue weighted by Gasteiger charge is -2.37. The maximum atomic E-state index is 14.1. The van der Waals surface area contributed by atoms with Gasteiger partial charge in [-0.2, -0.15) is 30.1 Å². The monoisotopic (exact) mass is 1020 g/mol. The van der Waals surface area contributed by atoms with Crippen LogP contribution in [0.3, 0.4) is 0 Å². The minimum atomic E-state index is -0.838. The third-order valence-electron chi connectivity index (χ3n) is 12.5. The summed E-state index contributed by atoms with van der Waals surface area (Å²) >= 11 is 7.57. The van der Waals surface area contributed by atoms with E-state index in [1.165, 1.54) is 5.56 Å². The molecule has 1 aliphatic heterocycles. The van der Waals surface area contributed by atoms with Crippen LogP contribution >= 0.6 is 31.9 Å². The summed E-state index contributed by atoms with van der Waals surface area (Å²) in [5.74, 6) is 0.304. The summed E-state index contributed by atoms with van der Waals surface area (Å²) in [6.45, 7) is 17.7. The van der Waals surface area contributed by atoms with Gasteiger partial charge in [0, 0.05) is 52.7 Å². The van der Waals surface area contributed by atoms with Crippen LogP contribution in [0.1, 0.15) is 78.5 Å². The third-order valence-corrected chi connectivity index (χ3v) is 14.1. The van der Waals surface area contributed by atoms with E-state index in [2.05, 4.69) is 91.2 Å². The number of hydrogen-bond donors (Lipinski definition) is 0. The van der Waals surface area contributed by atoms with Crippen molar-refractivity contribution in [3.05, 3.63) is 161 Å². The Kier molecular flexibility index (Phi) is 13.8. The maximum absolute atomic E-state index is 14.1. The second-order valence-electron chi connectivity index (χ2n) is 18.5. The summed E-state index contributed by atoms with van der Waals surface area (Å²) in [4.78, 5) is 36.3. The lowest BCUT2D eigenvalue weighted by Crippen LogP contribution is -2.51. The standard InChI is InChI=1S/C54H54Br2N8O3/c1-32(2)26-38-15-13-18-42(50(38)56)43-28-47(60-59-35(43)5)45(31-57)39-21-20-37(27-34(39)4)30-54(7,8)67-53(66)63-24-22-62(23-25-63)52-58-51(65)49(40-16-10-9-14-33(40)3)48-29-44(36(6)61-64(48)52)41-17-11-12-19-46(41)55/h9-21,27-29,32,45H,22-26,30H2,1-8H3. The average molecular weight is 1020 g/mol. The molecule has 13 heteroatoms. The molecule has 11 nitrogen and oxygen atoms in total. The number of aryl methyl sites for hydroxylation is 4. The Morgan fingerprint density at radius 2 is 1.48 bits per heavy atom. The summed E-state index contributed by atoms with van der Waals surface area (Å²) in [5, 5.41) is 24.6. The summed E-state index contributed by atoms with van der Waals surface area (Å²) in [7, 11) is 0. The van der Waals surface area contributed by atoms with Crippen LogP contribution in [-0.2, 0) is 17.6 Å². The fourth-order valence-corrected chi connectivity index (χ4v) is 10.2. The third kappa shape index (κ3) is 9.92. The van der Waals surface area contributed by atoms with Crippen LogP contribution in [0.5, 0.6) is 0 Å². The first kappa shape index (κ1) is 47.3. The summed E-state index contributed by atoms with van der Waals surface area (Å²) in [5.41, 5.74) is 11.7. The van der Waals surface area contributed by atoms with Crippen molar-refractivity contribution in [2.45, 2.75) is 79.8 Å². The van der Waals surface area contributed by atoms with Crippen molar-refractivity contribution in [2.75, 3.05) is 31.1 Å². The Balaban J connectivity index is 0.972. The Labute approximate surface area is 409 Å². The molecule has 67 heavy (non-hydrogen) atoms. The fourth-order valence-electron chi connectivity index (χ4n) is 9.11. The number of nitriles is 1. The second-order valence-corrected chi connectivity index (χ2v) is 20.2. The molecule has 7 aromatic rings. The number of halogens is 2. The topological polar surface area (TPSA) is 130 Å². The van der Waals surface area contributed by atoms with E-state index in [4.69, 9.17) is 9.84 Å². The van der Waals surface area contributed by atoms with Crippen molar-refractivity contribution in [2.24, 2.45) is 5.92 Å². The zero-order chi connectivity index (χ0) is 47.7. The molecule has 3 aromatic heterocycles. The number of anilines is 1. The number of rotatable bonds is 11. The van der Waals surface area contributed by atoms with Crippen LogP contribution in [0.15, 0.2) is 111 Å². The molecule has 1 unspecified atom stereocenters. The van der Waals surface area contributed by atoms with Crippen LogP contribution in [0, 0.1) is 44.9 Å². The molecule has 1 amide bonds. The molecule has 1 atom stereocenters. The number of carbonyl (C=O) groups is 1. The van der Waals surface area contributed by atoms with E-state index in [1.807, 2.05) is 119 Å². The normalized spacial score (nSPS) is 13.5.